The minimum atomic E-state index is 0.556. The highest BCUT2D eigenvalue weighted by molar-refractivity contribution is 7.98. The number of hydrogen-bond donors (Lipinski definition) is 0. The fourth-order valence-electron chi connectivity index (χ4n) is 4.22. The van der Waals surface area contributed by atoms with Crippen LogP contribution in [0.3, 0.4) is 0 Å². The lowest BCUT2D eigenvalue weighted by Crippen LogP contribution is -2.04. The van der Waals surface area contributed by atoms with Gasteiger partial charge in [0.25, 0.3) is 0 Å². The van der Waals surface area contributed by atoms with Crippen molar-refractivity contribution in [1.29, 1.82) is 0 Å². The van der Waals surface area contributed by atoms with Gasteiger partial charge >= 0.3 is 0 Å². The number of aromatic nitrogens is 4. The Balaban J connectivity index is 1.18. The van der Waals surface area contributed by atoms with Crippen molar-refractivity contribution in [2.24, 2.45) is 0 Å². The van der Waals surface area contributed by atoms with Crippen LogP contribution < -0.4 is 0 Å². The first-order valence-corrected chi connectivity index (χ1v) is 13.5. The van der Waals surface area contributed by atoms with Gasteiger partial charge in [0.05, 0.1) is 11.4 Å². The van der Waals surface area contributed by atoms with E-state index in [9.17, 15) is 0 Å². The highest BCUT2D eigenvalue weighted by Crippen LogP contribution is 2.33. The van der Waals surface area contributed by atoms with Crippen LogP contribution in [0.25, 0.3) is 22.6 Å². The Bertz CT molecular complexity index is 1170. The van der Waals surface area contributed by atoms with E-state index in [0.717, 1.165) is 27.8 Å². The first-order chi connectivity index (χ1) is 16.3. The number of rotatable bonds is 7. The molecule has 0 amide bonds. The third kappa shape index (κ3) is 5.47. The molecular formula is C26H26N4OS2. The first-order valence-electron chi connectivity index (χ1n) is 11.3. The van der Waals surface area contributed by atoms with Crippen LogP contribution in [0, 0.1) is 0 Å². The summed E-state index contributed by atoms with van der Waals surface area (Å²) >= 11 is 3.25. The predicted molar refractivity (Wildman–Crippen MR) is 134 cm³/mol. The predicted octanol–water partition coefficient (Wildman–Crippen LogP) is 7.26. The lowest BCUT2D eigenvalue weighted by Gasteiger charge is -2.22. The molecule has 0 spiro atoms. The third-order valence-electron chi connectivity index (χ3n) is 6.08. The number of hydrogen-bond acceptors (Lipinski definition) is 7. The van der Waals surface area contributed by atoms with Crippen molar-refractivity contribution < 1.29 is 4.52 Å². The number of benzene rings is 2. The third-order valence-corrected chi connectivity index (χ3v) is 7.73. The summed E-state index contributed by atoms with van der Waals surface area (Å²) in [6, 6.07) is 21.0. The summed E-state index contributed by atoms with van der Waals surface area (Å²) in [5, 5.41) is 13.8. The van der Waals surface area contributed by atoms with Gasteiger partial charge in [-0.1, -0.05) is 60.4 Å². The number of nitrogens with zero attached hydrogens (tertiary/aromatic N) is 4. The average molecular weight is 475 g/mol. The second kappa shape index (κ2) is 10.5. The van der Waals surface area contributed by atoms with Crippen molar-refractivity contribution in [3.8, 4) is 22.6 Å². The zero-order chi connectivity index (χ0) is 22.5. The smallest absolute Gasteiger partial charge is 0.237 e. The van der Waals surface area contributed by atoms with E-state index < -0.39 is 0 Å². The van der Waals surface area contributed by atoms with Gasteiger partial charge in [-0.3, -0.25) is 0 Å². The van der Waals surface area contributed by atoms with Gasteiger partial charge < -0.3 is 4.52 Å². The highest BCUT2D eigenvalue weighted by Gasteiger charge is 2.15. The molecule has 2 aromatic carbocycles. The molecule has 0 bridgehead atoms. The summed E-state index contributed by atoms with van der Waals surface area (Å²) in [6.07, 6.45) is 8.78. The highest BCUT2D eigenvalue weighted by atomic mass is 32.2. The van der Waals surface area contributed by atoms with Crippen LogP contribution in [0.2, 0.25) is 0 Å². The molecule has 1 fully saturated rings. The van der Waals surface area contributed by atoms with Crippen molar-refractivity contribution in [2.75, 3.05) is 6.26 Å². The minimum Gasteiger partial charge on any atom is -0.338 e. The Morgan fingerprint density at radius 3 is 2.30 bits per heavy atom. The van der Waals surface area contributed by atoms with Crippen molar-refractivity contribution in [2.45, 2.75) is 53.7 Å². The molecule has 1 saturated carbocycles. The van der Waals surface area contributed by atoms with Gasteiger partial charge in [0.2, 0.25) is 11.7 Å². The molecule has 0 radical (unpaired) electrons. The maximum absolute atomic E-state index is 5.42. The lowest BCUT2D eigenvalue weighted by molar-refractivity contribution is 0.391. The SMILES string of the molecule is CSc1ccc(-c2noc(CSc3ccc(-c4ccc(C5CCCCC5)cc4)nn3)n2)cc1. The quantitative estimate of drug-likeness (QED) is 0.261. The molecule has 7 heteroatoms. The number of thioether (sulfide) groups is 2. The molecule has 0 atom stereocenters. The molecule has 1 aliphatic carbocycles. The molecule has 168 valence electrons. The van der Waals surface area contributed by atoms with E-state index in [1.54, 1.807) is 23.5 Å². The standard InChI is InChI=1S/C26H26N4OS2/c1-32-22-13-11-21(12-14-22)26-27-24(31-30-26)17-33-25-16-15-23(28-29-25)20-9-7-19(8-10-20)18-5-3-2-4-6-18/h7-16,18H,2-6,17H2,1H3. The van der Waals surface area contributed by atoms with Crippen LogP contribution in [0.5, 0.6) is 0 Å². The second-order valence-electron chi connectivity index (χ2n) is 8.24. The maximum Gasteiger partial charge on any atom is 0.237 e. The first kappa shape index (κ1) is 22.2. The Hall–Kier alpha value is -2.64. The van der Waals surface area contributed by atoms with E-state index in [0.29, 0.717) is 17.5 Å². The molecule has 0 aliphatic heterocycles. The van der Waals surface area contributed by atoms with Gasteiger partial charge in [-0.15, -0.1) is 22.0 Å². The molecule has 0 N–H and O–H groups in total. The van der Waals surface area contributed by atoms with Crippen molar-refractivity contribution in [3.05, 3.63) is 72.1 Å². The Labute approximate surface area is 202 Å². The van der Waals surface area contributed by atoms with Crippen LogP contribution in [0.15, 0.2) is 75.1 Å². The molecule has 5 nitrogen and oxygen atoms in total. The summed E-state index contributed by atoms with van der Waals surface area (Å²) in [4.78, 5) is 5.72. The van der Waals surface area contributed by atoms with E-state index in [2.05, 4.69) is 63.0 Å². The van der Waals surface area contributed by atoms with Crippen molar-refractivity contribution in [1.82, 2.24) is 20.3 Å². The second-order valence-corrected chi connectivity index (χ2v) is 10.1. The largest absolute Gasteiger partial charge is 0.338 e. The van der Waals surface area contributed by atoms with E-state index in [4.69, 9.17) is 4.52 Å². The Morgan fingerprint density at radius 1 is 0.848 bits per heavy atom. The van der Waals surface area contributed by atoms with Crippen molar-refractivity contribution >= 4 is 23.5 Å². The normalized spacial score (nSPS) is 14.5. The van der Waals surface area contributed by atoms with Gasteiger partial charge in [-0.2, -0.15) is 4.98 Å². The van der Waals surface area contributed by atoms with Crippen LogP contribution in [-0.2, 0) is 5.75 Å². The van der Waals surface area contributed by atoms with Crippen LogP contribution >= 0.6 is 23.5 Å². The van der Waals surface area contributed by atoms with E-state index in [1.165, 1.54) is 42.6 Å². The molecule has 2 aromatic heterocycles. The molecular weight excluding hydrogens is 448 g/mol. The maximum atomic E-state index is 5.42. The summed E-state index contributed by atoms with van der Waals surface area (Å²) in [5.74, 6) is 2.46. The van der Waals surface area contributed by atoms with Gasteiger partial charge in [-0.25, -0.2) is 0 Å². The van der Waals surface area contributed by atoms with Gasteiger partial charge in [0.15, 0.2) is 0 Å². The fourth-order valence-corrected chi connectivity index (χ4v) is 5.28. The molecule has 33 heavy (non-hydrogen) atoms. The molecule has 0 unspecified atom stereocenters. The molecule has 4 aromatic rings. The monoisotopic (exact) mass is 474 g/mol. The van der Waals surface area contributed by atoms with E-state index in [1.807, 2.05) is 24.3 Å². The summed E-state index contributed by atoms with van der Waals surface area (Å²) in [6.45, 7) is 0. The van der Waals surface area contributed by atoms with Crippen LogP contribution in [0.1, 0.15) is 49.5 Å². The average Bonchev–Trinajstić information content (AvgIpc) is 3.38. The van der Waals surface area contributed by atoms with Crippen LogP contribution in [-0.4, -0.2) is 26.6 Å². The minimum absolute atomic E-state index is 0.556. The fraction of sp³-hybridized carbons (Fsp3) is 0.308. The molecule has 0 saturated heterocycles. The van der Waals surface area contributed by atoms with Crippen LogP contribution in [0.4, 0.5) is 0 Å². The lowest BCUT2D eigenvalue weighted by atomic mass is 9.84. The Morgan fingerprint density at radius 2 is 1.61 bits per heavy atom. The molecule has 2 heterocycles. The zero-order valence-corrected chi connectivity index (χ0v) is 20.2. The summed E-state index contributed by atoms with van der Waals surface area (Å²) in [5.41, 5.74) is 4.40. The molecule has 1 aliphatic rings. The topological polar surface area (TPSA) is 64.7 Å². The van der Waals surface area contributed by atoms with Gasteiger partial charge in [-0.05, 0) is 67.0 Å². The van der Waals surface area contributed by atoms with E-state index >= 15 is 0 Å². The molecule has 5 rings (SSSR count). The summed E-state index contributed by atoms with van der Waals surface area (Å²) < 4.78 is 5.42. The van der Waals surface area contributed by atoms with Gasteiger partial charge in [0, 0.05) is 16.0 Å². The van der Waals surface area contributed by atoms with Crippen molar-refractivity contribution in [3.63, 3.8) is 0 Å². The van der Waals surface area contributed by atoms with Gasteiger partial charge in [0.1, 0.15) is 5.03 Å². The van der Waals surface area contributed by atoms with E-state index in [-0.39, 0.29) is 0 Å². The zero-order valence-electron chi connectivity index (χ0n) is 18.6. The Kier molecular flexibility index (Phi) is 7.07. The summed E-state index contributed by atoms with van der Waals surface area (Å²) in [7, 11) is 0.